The van der Waals surface area contributed by atoms with E-state index in [1.54, 1.807) is 5.38 Å². The van der Waals surface area contributed by atoms with Crippen LogP contribution in [0, 0.1) is 5.92 Å². The second-order valence-electron chi connectivity index (χ2n) is 10.3. The molecule has 11 nitrogen and oxygen atoms in total. The van der Waals surface area contributed by atoms with Gasteiger partial charge in [0.05, 0.1) is 6.04 Å². The second kappa shape index (κ2) is 13.8. The van der Waals surface area contributed by atoms with E-state index in [4.69, 9.17) is 0 Å². The van der Waals surface area contributed by atoms with Gasteiger partial charge in [0.1, 0.15) is 28.5 Å². The number of hydrogen-bond acceptors (Lipinski definition) is 7. The highest BCUT2D eigenvalue weighted by Crippen LogP contribution is 2.26. The Morgan fingerprint density at radius 2 is 1.78 bits per heavy atom. The largest absolute Gasteiger partial charge is 0.354 e. The van der Waals surface area contributed by atoms with Crippen molar-refractivity contribution in [2.45, 2.75) is 57.7 Å². The molecule has 41 heavy (non-hydrogen) atoms. The van der Waals surface area contributed by atoms with Crippen LogP contribution in [0.15, 0.2) is 58.7 Å². The summed E-state index contributed by atoms with van der Waals surface area (Å²) in [5.41, 5.74) is 0.679. The van der Waals surface area contributed by atoms with Crippen molar-refractivity contribution in [3.8, 4) is 0 Å². The van der Waals surface area contributed by atoms with Crippen LogP contribution in [0.1, 0.15) is 70.7 Å². The Morgan fingerprint density at radius 3 is 2.51 bits per heavy atom. The molecule has 3 aromatic rings. The van der Waals surface area contributed by atoms with Gasteiger partial charge in [-0.25, -0.2) is 4.98 Å². The van der Waals surface area contributed by atoms with E-state index in [-0.39, 0.29) is 23.2 Å². The van der Waals surface area contributed by atoms with Crippen LogP contribution in [-0.4, -0.2) is 52.2 Å². The summed E-state index contributed by atoms with van der Waals surface area (Å²) < 4.78 is 0. The topological polar surface area (TPSA) is 162 Å². The molecule has 3 heterocycles. The average Bonchev–Trinajstić information content (AvgIpc) is 3.44. The highest BCUT2D eigenvalue weighted by molar-refractivity contribution is 7.09. The fraction of sp³-hybridized carbons (Fsp3) is 0.379. The van der Waals surface area contributed by atoms with Crippen molar-refractivity contribution in [3.05, 3.63) is 86.2 Å². The molecule has 2 aromatic heterocycles. The van der Waals surface area contributed by atoms with Crippen LogP contribution >= 0.6 is 11.3 Å². The lowest BCUT2D eigenvalue weighted by atomic mass is 10.0. The van der Waals surface area contributed by atoms with Gasteiger partial charge >= 0.3 is 0 Å². The number of carbonyl (C=O) groups excluding carboxylic acids is 4. The van der Waals surface area contributed by atoms with E-state index >= 15 is 0 Å². The SMILES string of the molecule is CC(C)[C@H]1NC(=O)[C@@H](NC(=O)c2cccc(=O)[nH]2)CCCCNC(=O)[C@@H](Cc2ccccc2)NC(=O)c2csc1n2. The van der Waals surface area contributed by atoms with Crippen molar-refractivity contribution in [2.75, 3.05) is 6.54 Å². The van der Waals surface area contributed by atoms with Crippen molar-refractivity contribution in [1.82, 2.24) is 31.2 Å². The Bertz CT molecular complexity index is 1440. The zero-order valence-electron chi connectivity index (χ0n) is 22.9. The molecule has 1 aromatic carbocycles. The molecule has 0 aliphatic carbocycles. The zero-order chi connectivity index (χ0) is 29.4. The first-order valence-electron chi connectivity index (χ1n) is 13.6. The molecule has 4 amide bonds. The van der Waals surface area contributed by atoms with Gasteiger partial charge in [-0.3, -0.25) is 24.0 Å². The predicted molar refractivity (Wildman–Crippen MR) is 154 cm³/mol. The van der Waals surface area contributed by atoms with E-state index < -0.39 is 41.4 Å². The number of hydrogen-bond donors (Lipinski definition) is 5. The number of amides is 4. The van der Waals surface area contributed by atoms with E-state index in [2.05, 4.69) is 31.2 Å². The van der Waals surface area contributed by atoms with Gasteiger partial charge in [-0.2, -0.15) is 0 Å². The molecule has 12 heteroatoms. The maximum Gasteiger partial charge on any atom is 0.271 e. The van der Waals surface area contributed by atoms with Gasteiger partial charge in [0.25, 0.3) is 11.8 Å². The first kappa shape index (κ1) is 29.7. The maximum absolute atomic E-state index is 13.4. The number of thiazole rings is 1. The van der Waals surface area contributed by atoms with Crippen LogP contribution in [0.5, 0.6) is 0 Å². The molecule has 3 atom stereocenters. The number of nitrogens with zero attached hydrogens (tertiary/aromatic N) is 1. The van der Waals surface area contributed by atoms with Crippen molar-refractivity contribution < 1.29 is 19.2 Å². The van der Waals surface area contributed by atoms with E-state index in [0.29, 0.717) is 37.2 Å². The number of pyridine rings is 1. The van der Waals surface area contributed by atoms with Crippen molar-refractivity contribution in [2.24, 2.45) is 5.92 Å². The summed E-state index contributed by atoms with van der Waals surface area (Å²) in [6, 6.07) is 11.4. The average molecular weight is 579 g/mol. The summed E-state index contributed by atoms with van der Waals surface area (Å²) in [6.45, 7) is 4.17. The third-order valence-corrected chi connectivity index (χ3v) is 7.67. The lowest BCUT2D eigenvalue weighted by molar-refractivity contribution is -0.124. The van der Waals surface area contributed by atoms with Crippen LogP contribution in [-0.2, 0) is 16.0 Å². The number of benzene rings is 1. The highest BCUT2D eigenvalue weighted by Gasteiger charge is 2.29. The minimum atomic E-state index is -0.898. The summed E-state index contributed by atoms with van der Waals surface area (Å²) in [6.07, 6.45) is 1.69. The Kier molecular flexibility index (Phi) is 10.0. The lowest BCUT2D eigenvalue weighted by Crippen LogP contribution is -2.49. The molecular weight excluding hydrogens is 544 g/mol. The smallest absolute Gasteiger partial charge is 0.271 e. The molecule has 0 saturated carbocycles. The molecule has 4 rings (SSSR count). The van der Waals surface area contributed by atoms with Gasteiger partial charge in [0, 0.05) is 24.4 Å². The summed E-state index contributed by atoms with van der Waals surface area (Å²) in [5, 5.41) is 13.6. The third-order valence-electron chi connectivity index (χ3n) is 6.74. The first-order valence-corrected chi connectivity index (χ1v) is 14.5. The summed E-state index contributed by atoms with van der Waals surface area (Å²) in [4.78, 5) is 71.2. The maximum atomic E-state index is 13.4. The molecule has 0 unspecified atom stereocenters. The number of aromatic amines is 1. The number of H-pyrrole nitrogens is 1. The summed E-state index contributed by atoms with van der Waals surface area (Å²) in [7, 11) is 0. The van der Waals surface area contributed by atoms with E-state index in [1.165, 1.54) is 29.5 Å². The van der Waals surface area contributed by atoms with Crippen LogP contribution in [0.3, 0.4) is 0 Å². The monoisotopic (exact) mass is 578 g/mol. The molecule has 1 aliphatic heterocycles. The van der Waals surface area contributed by atoms with Crippen LogP contribution in [0.2, 0.25) is 0 Å². The van der Waals surface area contributed by atoms with Crippen molar-refractivity contribution >= 4 is 35.0 Å². The van der Waals surface area contributed by atoms with Gasteiger partial charge in [-0.15, -0.1) is 11.3 Å². The van der Waals surface area contributed by atoms with Crippen LogP contribution in [0.25, 0.3) is 0 Å². The van der Waals surface area contributed by atoms with Crippen LogP contribution < -0.4 is 26.8 Å². The fourth-order valence-electron chi connectivity index (χ4n) is 4.49. The van der Waals surface area contributed by atoms with Gasteiger partial charge in [0.2, 0.25) is 17.4 Å². The molecule has 5 N–H and O–H groups in total. The Morgan fingerprint density at radius 1 is 1.00 bits per heavy atom. The van der Waals surface area contributed by atoms with Crippen molar-refractivity contribution in [1.29, 1.82) is 0 Å². The standard InChI is InChI=1S/C29H34N6O5S/c1-17(2)24-29-34-22(16-41-29)28(40)33-21(15-18-9-4-3-5-10-18)25(37)30-14-7-6-11-20(27(39)35-24)32-26(38)19-12-8-13-23(36)31-19/h3-5,8-10,12-13,16-17,20-21,24H,6-7,11,14-15H2,1-2H3,(H,30,37)(H,31,36)(H,32,38)(H,33,40)(H,35,39)/t20-,21+,24+/m0/s1. The minimum absolute atomic E-state index is 0.0464. The second-order valence-corrected chi connectivity index (χ2v) is 11.1. The quantitative estimate of drug-likeness (QED) is 0.311. The van der Waals surface area contributed by atoms with Gasteiger partial charge in [-0.05, 0) is 36.8 Å². The molecule has 2 bridgehead atoms. The fourth-order valence-corrected chi connectivity index (χ4v) is 5.51. The number of rotatable bonds is 5. The molecular formula is C29H34N6O5S. The molecule has 1 aliphatic rings. The Balaban J connectivity index is 1.58. The van der Waals surface area contributed by atoms with Gasteiger partial charge in [0.15, 0.2) is 0 Å². The normalized spacial score (nSPS) is 20.6. The number of nitrogens with one attached hydrogen (secondary N) is 5. The van der Waals surface area contributed by atoms with Gasteiger partial charge in [-0.1, -0.05) is 50.2 Å². The number of aromatic nitrogens is 2. The number of carbonyl (C=O) groups is 4. The molecule has 0 fully saturated rings. The Hall–Kier alpha value is -4.32. The molecule has 0 saturated heterocycles. The third kappa shape index (κ3) is 8.10. The molecule has 0 spiro atoms. The summed E-state index contributed by atoms with van der Waals surface area (Å²) in [5.74, 6) is -1.86. The molecule has 216 valence electrons. The first-order chi connectivity index (χ1) is 19.7. The van der Waals surface area contributed by atoms with Gasteiger partial charge < -0.3 is 26.3 Å². The van der Waals surface area contributed by atoms with E-state index in [1.807, 2.05) is 44.2 Å². The minimum Gasteiger partial charge on any atom is -0.354 e. The predicted octanol–water partition coefficient (Wildman–Crippen LogP) is 2.08. The van der Waals surface area contributed by atoms with E-state index in [0.717, 1.165) is 5.56 Å². The van der Waals surface area contributed by atoms with Crippen molar-refractivity contribution in [3.63, 3.8) is 0 Å². The number of fused-ring (bicyclic) bond motifs is 2. The lowest BCUT2D eigenvalue weighted by Gasteiger charge is -2.25. The van der Waals surface area contributed by atoms with E-state index in [9.17, 15) is 24.0 Å². The molecule has 0 radical (unpaired) electrons. The Labute approximate surface area is 241 Å². The zero-order valence-corrected chi connectivity index (χ0v) is 23.8. The van der Waals surface area contributed by atoms with Crippen LogP contribution in [0.4, 0.5) is 0 Å². The summed E-state index contributed by atoms with van der Waals surface area (Å²) >= 11 is 1.24. The highest BCUT2D eigenvalue weighted by atomic mass is 32.1.